The molecule has 0 aliphatic carbocycles. The third-order valence-corrected chi connectivity index (χ3v) is 10.1. The monoisotopic (exact) mass is 650 g/mol. The van der Waals surface area contributed by atoms with Crippen molar-refractivity contribution < 1.29 is 15.0 Å². The summed E-state index contributed by atoms with van der Waals surface area (Å²) in [4.78, 5) is 12.3. The number of rotatable bonds is 37. The first kappa shape index (κ1) is 45.1. The van der Waals surface area contributed by atoms with Crippen LogP contribution in [0.15, 0.2) is 12.2 Å². The standard InChI is InChI=1S/C42H83NO3/c1-4-6-7-8-9-10-11-12-13-14-15-16-17-18-19-20-21-22-23-28-31-34-37-42(46)43-40(38-44)41(45)36-33-30-27-25-24-26-29-32-35-39(3)5-2/h33,36,39-41,44-45H,4-32,34-35,37-38H2,1-3H3,(H,43,46)/b36-33+/t39?,40-,41+/m0/s1. The van der Waals surface area contributed by atoms with Gasteiger partial charge in [-0.3, -0.25) is 4.79 Å². The molecular formula is C42H83NO3. The van der Waals surface area contributed by atoms with Gasteiger partial charge in [-0.25, -0.2) is 0 Å². The van der Waals surface area contributed by atoms with Crippen LogP contribution in [0.25, 0.3) is 0 Å². The van der Waals surface area contributed by atoms with Crippen molar-refractivity contribution in [3.63, 3.8) is 0 Å². The minimum Gasteiger partial charge on any atom is -0.394 e. The lowest BCUT2D eigenvalue weighted by Crippen LogP contribution is -2.45. The molecule has 4 heteroatoms. The van der Waals surface area contributed by atoms with Gasteiger partial charge in [0.05, 0.1) is 18.8 Å². The van der Waals surface area contributed by atoms with Crippen LogP contribution >= 0.6 is 0 Å². The molecule has 0 aliphatic heterocycles. The number of aliphatic hydroxyl groups excluding tert-OH is 2. The van der Waals surface area contributed by atoms with Crippen LogP contribution in [0, 0.1) is 5.92 Å². The summed E-state index contributed by atoms with van der Waals surface area (Å²) < 4.78 is 0. The van der Waals surface area contributed by atoms with Crippen LogP contribution in [-0.4, -0.2) is 34.9 Å². The van der Waals surface area contributed by atoms with Crippen LogP contribution in [0.2, 0.25) is 0 Å². The molecule has 0 saturated carbocycles. The molecule has 4 nitrogen and oxygen atoms in total. The van der Waals surface area contributed by atoms with Crippen molar-refractivity contribution in [1.82, 2.24) is 5.32 Å². The Kier molecular flexibility index (Phi) is 36.3. The van der Waals surface area contributed by atoms with E-state index in [0.29, 0.717) is 6.42 Å². The van der Waals surface area contributed by atoms with Crippen LogP contribution in [-0.2, 0) is 4.79 Å². The zero-order chi connectivity index (χ0) is 33.8. The number of hydrogen-bond acceptors (Lipinski definition) is 3. The Hall–Kier alpha value is -0.870. The van der Waals surface area contributed by atoms with Crippen molar-refractivity contribution >= 4 is 5.91 Å². The van der Waals surface area contributed by atoms with E-state index in [-0.39, 0.29) is 12.5 Å². The molecule has 0 rings (SSSR count). The zero-order valence-electron chi connectivity index (χ0n) is 31.5. The van der Waals surface area contributed by atoms with Crippen LogP contribution in [0.4, 0.5) is 0 Å². The Labute approximate surface area is 288 Å². The minimum atomic E-state index is -0.834. The molecule has 3 atom stereocenters. The van der Waals surface area contributed by atoms with Crippen molar-refractivity contribution in [2.24, 2.45) is 5.92 Å². The Bertz CT molecular complexity index is 636. The lowest BCUT2D eigenvalue weighted by molar-refractivity contribution is -0.123. The summed E-state index contributed by atoms with van der Waals surface area (Å²) in [6, 6.07) is -0.617. The number of nitrogens with one attached hydrogen (secondary N) is 1. The highest BCUT2D eigenvalue weighted by Gasteiger charge is 2.17. The number of carbonyl (C=O) groups is 1. The van der Waals surface area contributed by atoms with Gasteiger partial charge < -0.3 is 15.5 Å². The molecule has 0 bridgehead atoms. The SMILES string of the molecule is CCCCCCCCCCCCCCCCCCCCCCCCC(=O)N[C@@H](CO)[C@H](O)/C=C/CCCCCCCCC(C)CC. The Morgan fingerprint density at radius 2 is 0.978 bits per heavy atom. The highest BCUT2D eigenvalue weighted by molar-refractivity contribution is 5.76. The lowest BCUT2D eigenvalue weighted by atomic mass is 10.00. The average molecular weight is 650 g/mol. The quantitative estimate of drug-likeness (QED) is 0.0463. The van der Waals surface area contributed by atoms with E-state index in [0.717, 1.165) is 31.6 Å². The topological polar surface area (TPSA) is 69.6 Å². The molecule has 0 saturated heterocycles. The van der Waals surface area contributed by atoms with Crippen molar-refractivity contribution in [3.8, 4) is 0 Å². The van der Waals surface area contributed by atoms with E-state index >= 15 is 0 Å². The number of carbonyl (C=O) groups excluding carboxylic acids is 1. The fourth-order valence-corrected chi connectivity index (χ4v) is 6.45. The molecule has 1 unspecified atom stereocenters. The van der Waals surface area contributed by atoms with Crippen LogP contribution in [0.3, 0.4) is 0 Å². The third kappa shape index (κ3) is 33.0. The molecule has 0 aromatic rings. The second-order valence-electron chi connectivity index (χ2n) is 14.7. The van der Waals surface area contributed by atoms with E-state index in [4.69, 9.17) is 0 Å². The average Bonchev–Trinajstić information content (AvgIpc) is 3.06. The molecule has 0 fully saturated rings. The highest BCUT2D eigenvalue weighted by Crippen LogP contribution is 2.17. The van der Waals surface area contributed by atoms with E-state index < -0.39 is 12.1 Å². The van der Waals surface area contributed by atoms with Crippen molar-refractivity contribution in [1.29, 1.82) is 0 Å². The van der Waals surface area contributed by atoms with E-state index in [1.54, 1.807) is 6.08 Å². The van der Waals surface area contributed by atoms with Gasteiger partial charge in [0, 0.05) is 6.42 Å². The van der Waals surface area contributed by atoms with Gasteiger partial charge in [0.15, 0.2) is 0 Å². The van der Waals surface area contributed by atoms with Gasteiger partial charge in [0.2, 0.25) is 5.91 Å². The highest BCUT2D eigenvalue weighted by atomic mass is 16.3. The van der Waals surface area contributed by atoms with E-state index in [9.17, 15) is 15.0 Å². The maximum Gasteiger partial charge on any atom is 0.220 e. The first-order valence-electron chi connectivity index (χ1n) is 20.8. The number of allylic oxidation sites excluding steroid dienone is 1. The first-order valence-corrected chi connectivity index (χ1v) is 20.8. The van der Waals surface area contributed by atoms with Gasteiger partial charge in [0.25, 0.3) is 0 Å². The lowest BCUT2D eigenvalue weighted by Gasteiger charge is -2.20. The van der Waals surface area contributed by atoms with Crippen molar-refractivity contribution in [3.05, 3.63) is 12.2 Å². The van der Waals surface area contributed by atoms with Gasteiger partial charge in [-0.1, -0.05) is 213 Å². The third-order valence-electron chi connectivity index (χ3n) is 10.1. The van der Waals surface area contributed by atoms with Gasteiger partial charge in [-0.2, -0.15) is 0 Å². The second-order valence-corrected chi connectivity index (χ2v) is 14.7. The van der Waals surface area contributed by atoms with Gasteiger partial charge in [-0.15, -0.1) is 0 Å². The summed E-state index contributed by atoms with van der Waals surface area (Å²) in [6.07, 6.45) is 44.5. The minimum absolute atomic E-state index is 0.0620. The number of hydrogen-bond donors (Lipinski definition) is 3. The number of aliphatic hydroxyl groups is 2. The van der Waals surface area contributed by atoms with Gasteiger partial charge >= 0.3 is 0 Å². The van der Waals surface area contributed by atoms with Crippen LogP contribution in [0.1, 0.15) is 226 Å². The van der Waals surface area contributed by atoms with Gasteiger partial charge in [0.1, 0.15) is 0 Å². The summed E-state index contributed by atoms with van der Waals surface area (Å²) >= 11 is 0. The summed E-state index contributed by atoms with van der Waals surface area (Å²) in [7, 11) is 0. The van der Waals surface area contributed by atoms with E-state index in [1.807, 2.05) is 6.08 Å². The fourth-order valence-electron chi connectivity index (χ4n) is 6.45. The smallest absolute Gasteiger partial charge is 0.220 e. The number of unbranched alkanes of at least 4 members (excludes halogenated alkanes) is 27. The molecule has 0 radical (unpaired) electrons. The summed E-state index contributed by atoms with van der Waals surface area (Å²) in [5.41, 5.74) is 0. The zero-order valence-corrected chi connectivity index (χ0v) is 31.5. The van der Waals surface area contributed by atoms with Crippen LogP contribution < -0.4 is 5.32 Å². The molecule has 0 aliphatic rings. The van der Waals surface area contributed by atoms with E-state index in [2.05, 4.69) is 26.1 Å². The van der Waals surface area contributed by atoms with Crippen LogP contribution in [0.5, 0.6) is 0 Å². The van der Waals surface area contributed by atoms with Crippen molar-refractivity contribution in [2.45, 2.75) is 238 Å². The molecule has 3 N–H and O–H groups in total. The molecular weight excluding hydrogens is 566 g/mol. The first-order chi connectivity index (χ1) is 22.5. The predicted octanol–water partition coefficient (Wildman–Crippen LogP) is 12.5. The largest absolute Gasteiger partial charge is 0.394 e. The normalized spacial score (nSPS) is 13.8. The van der Waals surface area contributed by atoms with E-state index in [1.165, 1.54) is 173 Å². The molecule has 0 heterocycles. The summed E-state index contributed by atoms with van der Waals surface area (Å²) in [5.74, 6) is 0.801. The molecule has 46 heavy (non-hydrogen) atoms. The summed E-state index contributed by atoms with van der Waals surface area (Å²) in [5, 5.41) is 22.9. The predicted molar refractivity (Wildman–Crippen MR) is 202 cm³/mol. The fraction of sp³-hybridized carbons (Fsp3) is 0.929. The number of amides is 1. The molecule has 0 aromatic carbocycles. The Morgan fingerprint density at radius 1 is 0.587 bits per heavy atom. The maximum absolute atomic E-state index is 12.3. The second kappa shape index (κ2) is 37.0. The maximum atomic E-state index is 12.3. The molecule has 0 aromatic heterocycles. The van der Waals surface area contributed by atoms with Crippen molar-refractivity contribution in [2.75, 3.05) is 6.61 Å². The Morgan fingerprint density at radius 3 is 1.39 bits per heavy atom. The van der Waals surface area contributed by atoms with Gasteiger partial charge in [-0.05, 0) is 25.2 Å². The molecule has 1 amide bonds. The molecule has 274 valence electrons. The Balaban J connectivity index is 3.51. The summed E-state index contributed by atoms with van der Waals surface area (Å²) in [6.45, 7) is 6.67. The molecule has 0 spiro atoms.